The first-order valence-electron chi connectivity index (χ1n) is 11.6. The second-order valence-corrected chi connectivity index (χ2v) is 9.83. The molecule has 0 amide bonds. The molecule has 0 aromatic heterocycles. The molecule has 5 nitrogen and oxygen atoms in total. The number of carbonyl (C=O) groups is 1. The SMILES string of the molecule is CC(C(=O)O)c1ccccc1[C@@H](C)OC[C@H](O)CNC(C)(C)CC1Cc2ccccc2C1. The third-order valence-electron chi connectivity index (χ3n) is 6.56. The van der Waals surface area contributed by atoms with Gasteiger partial charge in [0.15, 0.2) is 0 Å². The molecular formula is C27H37NO4. The summed E-state index contributed by atoms with van der Waals surface area (Å²) in [4.78, 5) is 11.4. The number of carboxylic acid groups (broad SMARTS) is 1. The van der Waals surface area contributed by atoms with E-state index in [0.29, 0.717) is 12.5 Å². The highest BCUT2D eigenvalue weighted by molar-refractivity contribution is 5.76. The standard InChI is InChI=1S/C27H37NO4/c1-18(26(30)31)24-11-7-8-12-25(24)19(2)32-17-23(29)16-28-27(3,4)15-20-13-21-9-5-6-10-22(21)14-20/h5-12,18-20,23,28-29H,13-17H2,1-4H3,(H,30,31)/t18?,19-,23-/m1/s1. The molecule has 0 saturated carbocycles. The van der Waals surface area contributed by atoms with Crippen LogP contribution in [0.2, 0.25) is 0 Å². The van der Waals surface area contributed by atoms with Crippen molar-refractivity contribution in [1.82, 2.24) is 5.32 Å². The summed E-state index contributed by atoms with van der Waals surface area (Å²) in [5.74, 6) is -0.844. The largest absolute Gasteiger partial charge is 0.481 e. The molecule has 32 heavy (non-hydrogen) atoms. The number of aliphatic carboxylic acids is 1. The predicted molar refractivity (Wildman–Crippen MR) is 127 cm³/mol. The van der Waals surface area contributed by atoms with Gasteiger partial charge in [-0.3, -0.25) is 4.79 Å². The molecule has 0 radical (unpaired) electrons. The minimum Gasteiger partial charge on any atom is -0.481 e. The third kappa shape index (κ3) is 6.41. The minimum atomic E-state index is -0.860. The zero-order valence-corrected chi connectivity index (χ0v) is 19.7. The number of hydrogen-bond acceptors (Lipinski definition) is 4. The molecular weight excluding hydrogens is 402 g/mol. The van der Waals surface area contributed by atoms with E-state index in [1.54, 1.807) is 6.92 Å². The Kier molecular flexibility index (Phi) is 8.10. The Labute approximate surface area is 191 Å². The molecule has 2 aromatic rings. The van der Waals surface area contributed by atoms with Crippen molar-refractivity contribution in [3.05, 3.63) is 70.8 Å². The van der Waals surface area contributed by atoms with Gasteiger partial charge in [0.25, 0.3) is 0 Å². The number of aliphatic hydroxyl groups excluding tert-OH is 1. The van der Waals surface area contributed by atoms with E-state index in [-0.39, 0.29) is 18.2 Å². The predicted octanol–water partition coefficient (Wildman–Crippen LogP) is 4.49. The van der Waals surface area contributed by atoms with Gasteiger partial charge in [-0.1, -0.05) is 48.5 Å². The van der Waals surface area contributed by atoms with E-state index in [2.05, 4.69) is 43.4 Å². The number of ether oxygens (including phenoxy) is 1. The molecule has 3 rings (SSSR count). The maximum absolute atomic E-state index is 11.4. The third-order valence-corrected chi connectivity index (χ3v) is 6.56. The summed E-state index contributed by atoms with van der Waals surface area (Å²) in [6.07, 6.45) is 2.36. The van der Waals surface area contributed by atoms with E-state index < -0.39 is 18.0 Å². The Hall–Kier alpha value is -2.21. The van der Waals surface area contributed by atoms with Crippen LogP contribution in [-0.4, -0.2) is 41.0 Å². The van der Waals surface area contributed by atoms with Gasteiger partial charge in [0, 0.05) is 12.1 Å². The molecule has 0 fully saturated rings. The van der Waals surface area contributed by atoms with Gasteiger partial charge in [-0.05, 0) is 75.1 Å². The molecule has 3 atom stereocenters. The van der Waals surface area contributed by atoms with Gasteiger partial charge in [0.2, 0.25) is 0 Å². The fraction of sp³-hybridized carbons (Fsp3) is 0.519. The van der Waals surface area contributed by atoms with Crippen LogP contribution < -0.4 is 5.32 Å². The Bertz CT molecular complexity index is 885. The number of benzene rings is 2. The molecule has 174 valence electrons. The normalized spacial score (nSPS) is 17.0. The van der Waals surface area contributed by atoms with E-state index in [0.717, 1.165) is 30.4 Å². The van der Waals surface area contributed by atoms with Crippen LogP contribution >= 0.6 is 0 Å². The molecule has 0 saturated heterocycles. The van der Waals surface area contributed by atoms with Crippen molar-refractivity contribution < 1.29 is 19.7 Å². The Morgan fingerprint density at radius 3 is 2.22 bits per heavy atom. The molecule has 2 aromatic carbocycles. The van der Waals surface area contributed by atoms with E-state index in [9.17, 15) is 15.0 Å². The minimum absolute atomic E-state index is 0.0805. The van der Waals surface area contributed by atoms with Crippen molar-refractivity contribution in [2.24, 2.45) is 5.92 Å². The van der Waals surface area contributed by atoms with Gasteiger partial charge in [-0.15, -0.1) is 0 Å². The zero-order valence-electron chi connectivity index (χ0n) is 19.7. The van der Waals surface area contributed by atoms with Crippen molar-refractivity contribution >= 4 is 5.97 Å². The van der Waals surface area contributed by atoms with Gasteiger partial charge < -0.3 is 20.3 Å². The van der Waals surface area contributed by atoms with Crippen molar-refractivity contribution in [2.45, 2.75) is 70.6 Å². The molecule has 5 heteroatoms. The summed E-state index contributed by atoms with van der Waals surface area (Å²) in [5.41, 5.74) is 4.45. The lowest BCUT2D eigenvalue weighted by atomic mass is 9.88. The van der Waals surface area contributed by atoms with Crippen LogP contribution in [0.1, 0.15) is 68.4 Å². The quantitative estimate of drug-likeness (QED) is 0.481. The Balaban J connectivity index is 1.46. The van der Waals surface area contributed by atoms with E-state index in [1.165, 1.54) is 11.1 Å². The zero-order chi connectivity index (χ0) is 23.3. The first-order valence-corrected chi connectivity index (χ1v) is 11.6. The number of carboxylic acids is 1. The highest BCUT2D eigenvalue weighted by Crippen LogP contribution is 2.32. The second-order valence-electron chi connectivity index (χ2n) is 9.83. The monoisotopic (exact) mass is 439 g/mol. The van der Waals surface area contributed by atoms with Crippen LogP contribution in [0.15, 0.2) is 48.5 Å². The average molecular weight is 440 g/mol. The fourth-order valence-corrected chi connectivity index (χ4v) is 4.79. The van der Waals surface area contributed by atoms with Crippen LogP contribution in [0.3, 0.4) is 0 Å². The van der Waals surface area contributed by atoms with Crippen LogP contribution in [0, 0.1) is 5.92 Å². The molecule has 0 spiro atoms. The topological polar surface area (TPSA) is 78.8 Å². The van der Waals surface area contributed by atoms with Crippen molar-refractivity contribution in [2.75, 3.05) is 13.2 Å². The Morgan fingerprint density at radius 1 is 1.06 bits per heavy atom. The number of fused-ring (bicyclic) bond motifs is 1. The average Bonchev–Trinajstić information content (AvgIpc) is 3.17. The molecule has 1 unspecified atom stereocenters. The lowest BCUT2D eigenvalue weighted by Gasteiger charge is -2.31. The van der Waals surface area contributed by atoms with Gasteiger partial charge in [0.05, 0.1) is 24.7 Å². The molecule has 1 aliphatic carbocycles. The fourth-order valence-electron chi connectivity index (χ4n) is 4.79. The number of rotatable bonds is 11. The number of β-amino-alcohol motifs (C(OH)–C–C–N with tert-alkyl or cyclic N) is 1. The lowest BCUT2D eigenvalue weighted by Crippen LogP contribution is -2.45. The van der Waals surface area contributed by atoms with Gasteiger partial charge in [-0.2, -0.15) is 0 Å². The molecule has 3 N–H and O–H groups in total. The summed E-state index contributed by atoms with van der Waals surface area (Å²) in [5, 5.41) is 23.4. The van der Waals surface area contributed by atoms with E-state index in [4.69, 9.17) is 4.74 Å². The lowest BCUT2D eigenvalue weighted by molar-refractivity contribution is -0.138. The summed E-state index contributed by atoms with van der Waals surface area (Å²) >= 11 is 0. The highest BCUT2D eigenvalue weighted by atomic mass is 16.5. The van der Waals surface area contributed by atoms with Crippen LogP contribution in [0.5, 0.6) is 0 Å². The van der Waals surface area contributed by atoms with Crippen molar-refractivity contribution in [3.63, 3.8) is 0 Å². The second kappa shape index (κ2) is 10.6. The number of aliphatic hydroxyl groups is 1. The summed E-state index contributed by atoms with van der Waals surface area (Å²) in [6, 6.07) is 16.1. The summed E-state index contributed by atoms with van der Waals surface area (Å²) < 4.78 is 5.92. The first kappa shape index (κ1) is 24.4. The smallest absolute Gasteiger partial charge is 0.310 e. The molecule has 0 bridgehead atoms. The maximum atomic E-state index is 11.4. The van der Waals surface area contributed by atoms with E-state index >= 15 is 0 Å². The Morgan fingerprint density at radius 2 is 1.62 bits per heavy atom. The first-order chi connectivity index (χ1) is 15.2. The molecule has 0 heterocycles. The van der Waals surface area contributed by atoms with Gasteiger partial charge >= 0.3 is 5.97 Å². The molecule has 0 aliphatic heterocycles. The van der Waals surface area contributed by atoms with Gasteiger partial charge in [-0.25, -0.2) is 0 Å². The summed E-state index contributed by atoms with van der Waals surface area (Å²) in [6.45, 7) is 8.60. The van der Waals surface area contributed by atoms with Crippen molar-refractivity contribution in [3.8, 4) is 0 Å². The van der Waals surface area contributed by atoms with Crippen molar-refractivity contribution in [1.29, 1.82) is 0 Å². The number of nitrogens with one attached hydrogen (secondary N) is 1. The van der Waals surface area contributed by atoms with Crippen LogP contribution in [0.25, 0.3) is 0 Å². The summed E-state index contributed by atoms with van der Waals surface area (Å²) in [7, 11) is 0. The van der Waals surface area contributed by atoms with E-state index in [1.807, 2.05) is 31.2 Å². The van der Waals surface area contributed by atoms with Crippen LogP contribution in [0.4, 0.5) is 0 Å². The number of hydrogen-bond donors (Lipinski definition) is 3. The highest BCUT2D eigenvalue weighted by Gasteiger charge is 2.28. The maximum Gasteiger partial charge on any atom is 0.310 e. The van der Waals surface area contributed by atoms with Crippen LogP contribution in [-0.2, 0) is 22.4 Å². The van der Waals surface area contributed by atoms with Gasteiger partial charge in [0.1, 0.15) is 0 Å². The molecule has 1 aliphatic rings.